The van der Waals surface area contributed by atoms with Gasteiger partial charge in [0.2, 0.25) is 10.0 Å². The highest BCUT2D eigenvalue weighted by Gasteiger charge is 2.29. The van der Waals surface area contributed by atoms with Gasteiger partial charge in [0.05, 0.1) is 18.0 Å². The van der Waals surface area contributed by atoms with Crippen molar-refractivity contribution in [2.45, 2.75) is 24.8 Å². The SMILES string of the molecule is C=C(c1ccccc1)[C@H](CN(CC=O)S(=O)(=O)c1ccc(C)cc1)OC(C)=O. The first-order chi connectivity index (χ1) is 13.3. The minimum absolute atomic E-state index is 0.0619. The summed E-state index contributed by atoms with van der Waals surface area (Å²) in [6.45, 7) is 6.47. The number of esters is 1. The Morgan fingerprint density at radius 3 is 2.29 bits per heavy atom. The minimum atomic E-state index is -3.96. The van der Waals surface area contributed by atoms with Gasteiger partial charge in [-0.05, 0) is 30.2 Å². The maximum absolute atomic E-state index is 13.0. The highest BCUT2D eigenvalue weighted by Crippen LogP contribution is 2.23. The molecule has 0 heterocycles. The van der Waals surface area contributed by atoms with Crippen molar-refractivity contribution in [2.24, 2.45) is 0 Å². The van der Waals surface area contributed by atoms with Crippen molar-refractivity contribution in [3.8, 4) is 0 Å². The summed E-state index contributed by atoms with van der Waals surface area (Å²) in [7, 11) is -3.96. The summed E-state index contributed by atoms with van der Waals surface area (Å²) in [6.07, 6.45) is -0.429. The Morgan fingerprint density at radius 1 is 1.14 bits per heavy atom. The number of benzene rings is 2. The van der Waals surface area contributed by atoms with E-state index in [2.05, 4.69) is 6.58 Å². The average Bonchev–Trinajstić information content (AvgIpc) is 2.67. The van der Waals surface area contributed by atoms with Crippen molar-refractivity contribution >= 4 is 27.9 Å². The van der Waals surface area contributed by atoms with Crippen LogP contribution in [0.15, 0.2) is 66.1 Å². The molecular weight excluding hydrogens is 378 g/mol. The molecule has 0 aliphatic carbocycles. The van der Waals surface area contributed by atoms with Gasteiger partial charge < -0.3 is 9.53 Å². The molecule has 148 valence electrons. The van der Waals surface area contributed by atoms with Crippen molar-refractivity contribution in [2.75, 3.05) is 13.1 Å². The van der Waals surface area contributed by atoms with Crippen LogP contribution in [0.25, 0.3) is 5.57 Å². The quantitative estimate of drug-likeness (QED) is 0.477. The van der Waals surface area contributed by atoms with Crippen LogP contribution in [0.5, 0.6) is 0 Å². The van der Waals surface area contributed by atoms with Crippen molar-refractivity contribution in [1.29, 1.82) is 0 Å². The lowest BCUT2D eigenvalue weighted by molar-refractivity contribution is -0.143. The number of hydrogen-bond acceptors (Lipinski definition) is 5. The van der Waals surface area contributed by atoms with Gasteiger partial charge in [0.15, 0.2) is 0 Å². The van der Waals surface area contributed by atoms with Crippen LogP contribution in [0.4, 0.5) is 0 Å². The lowest BCUT2D eigenvalue weighted by atomic mass is 10.0. The Labute approximate surface area is 165 Å². The van der Waals surface area contributed by atoms with E-state index in [0.29, 0.717) is 17.4 Å². The molecule has 28 heavy (non-hydrogen) atoms. The van der Waals surface area contributed by atoms with E-state index in [-0.39, 0.29) is 18.0 Å². The monoisotopic (exact) mass is 401 g/mol. The summed E-state index contributed by atoms with van der Waals surface area (Å²) in [5.41, 5.74) is 2.08. The molecule has 0 amide bonds. The number of carbonyl (C=O) groups is 2. The molecule has 0 aliphatic heterocycles. The fourth-order valence-electron chi connectivity index (χ4n) is 2.66. The fraction of sp³-hybridized carbons (Fsp3) is 0.238. The van der Waals surface area contributed by atoms with E-state index in [4.69, 9.17) is 4.74 Å². The lowest BCUT2D eigenvalue weighted by Gasteiger charge is -2.27. The fourth-order valence-corrected chi connectivity index (χ4v) is 4.02. The highest BCUT2D eigenvalue weighted by atomic mass is 32.2. The molecule has 2 aromatic carbocycles. The molecule has 0 unspecified atom stereocenters. The molecule has 0 saturated carbocycles. The van der Waals surface area contributed by atoms with E-state index in [1.54, 1.807) is 36.4 Å². The van der Waals surface area contributed by atoms with Gasteiger partial charge in [0.1, 0.15) is 12.4 Å². The van der Waals surface area contributed by atoms with E-state index in [1.807, 2.05) is 13.0 Å². The van der Waals surface area contributed by atoms with Crippen LogP contribution >= 0.6 is 0 Å². The van der Waals surface area contributed by atoms with Crippen LogP contribution in [-0.4, -0.2) is 44.2 Å². The summed E-state index contributed by atoms with van der Waals surface area (Å²) in [6, 6.07) is 15.3. The molecule has 1 atom stereocenters. The number of carbonyl (C=O) groups excluding carboxylic acids is 2. The van der Waals surface area contributed by atoms with Gasteiger partial charge in [0, 0.05) is 6.92 Å². The van der Waals surface area contributed by atoms with Crippen molar-refractivity contribution in [3.05, 3.63) is 72.3 Å². The summed E-state index contributed by atoms with van der Waals surface area (Å²) in [4.78, 5) is 22.8. The van der Waals surface area contributed by atoms with Crippen LogP contribution in [0, 0.1) is 6.92 Å². The average molecular weight is 401 g/mol. The van der Waals surface area contributed by atoms with Crippen molar-refractivity contribution < 1.29 is 22.7 Å². The van der Waals surface area contributed by atoms with E-state index in [0.717, 1.165) is 9.87 Å². The van der Waals surface area contributed by atoms with E-state index in [1.165, 1.54) is 19.1 Å². The number of sulfonamides is 1. The number of aryl methyl sites for hydroxylation is 1. The van der Waals surface area contributed by atoms with E-state index >= 15 is 0 Å². The Hall–Kier alpha value is -2.77. The third-order valence-corrected chi connectivity index (χ3v) is 5.99. The van der Waals surface area contributed by atoms with Gasteiger partial charge in [-0.3, -0.25) is 4.79 Å². The molecule has 0 radical (unpaired) electrons. The van der Waals surface area contributed by atoms with Crippen LogP contribution in [0.2, 0.25) is 0 Å². The first-order valence-electron chi connectivity index (χ1n) is 8.67. The van der Waals surface area contributed by atoms with Gasteiger partial charge >= 0.3 is 5.97 Å². The van der Waals surface area contributed by atoms with Gasteiger partial charge in [0.25, 0.3) is 0 Å². The van der Waals surface area contributed by atoms with Gasteiger partial charge in [-0.25, -0.2) is 8.42 Å². The molecule has 0 bridgehead atoms. The second-order valence-corrected chi connectivity index (χ2v) is 8.23. The standard InChI is InChI=1S/C21H23NO5S/c1-16-9-11-20(12-10-16)28(25,26)22(13-14-23)15-21(27-18(3)24)17(2)19-7-5-4-6-8-19/h4-12,14,21H,2,13,15H2,1,3H3/t21-/m0/s1. The summed E-state index contributed by atoms with van der Waals surface area (Å²) < 4.78 is 32.3. The molecule has 2 rings (SSSR count). The molecule has 0 aliphatic rings. The second-order valence-electron chi connectivity index (χ2n) is 6.29. The summed E-state index contributed by atoms with van der Waals surface area (Å²) in [5.74, 6) is -0.569. The first-order valence-corrected chi connectivity index (χ1v) is 10.1. The largest absolute Gasteiger partial charge is 0.456 e. The third-order valence-electron chi connectivity index (χ3n) is 4.15. The zero-order chi connectivity index (χ0) is 20.7. The molecular formula is C21H23NO5S. The predicted octanol–water partition coefficient (Wildman–Crippen LogP) is 2.83. The van der Waals surface area contributed by atoms with Gasteiger partial charge in [-0.1, -0.05) is 54.6 Å². The Bertz CT molecular complexity index is 937. The maximum atomic E-state index is 13.0. The molecule has 0 aromatic heterocycles. The predicted molar refractivity (Wildman–Crippen MR) is 107 cm³/mol. The lowest BCUT2D eigenvalue weighted by Crippen LogP contribution is -2.40. The molecule has 0 saturated heterocycles. The van der Waals surface area contributed by atoms with Crippen molar-refractivity contribution in [3.63, 3.8) is 0 Å². The number of aldehydes is 1. The number of nitrogens with zero attached hydrogens (tertiary/aromatic N) is 1. The van der Waals surface area contributed by atoms with Gasteiger partial charge in [-0.15, -0.1) is 0 Å². The molecule has 0 spiro atoms. The molecule has 6 nitrogen and oxygen atoms in total. The number of rotatable bonds is 9. The van der Waals surface area contributed by atoms with Crippen LogP contribution in [0.1, 0.15) is 18.1 Å². The maximum Gasteiger partial charge on any atom is 0.303 e. The zero-order valence-electron chi connectivity index (χ0n) is 15.9. The third kappa shape index (κ3) is 5.37. The summed E-state index contributed by atoms with van der Waals surface area (Å²) in [5, 5.41) is 0. The Morgan fingerprint density at radius 2 is 1.75 bits per heavy atom. The van der Waals surface area contributed by atoms with Crippen LogP contribution in [0.3, 0.4) is 0 Å². The summed E-state index contributed by atoms with van der Waals surface area (Å²) >= 11 is 0. The Balaban J connectivity index is 2.36. The smallest absolute Gasteiger partial charge is 0.303 e. The second kappa shape index (κ2) is 9.43. The van der Waals surface area contributed by atoms with Crippen LogP contribution < -0.4 is 0 Å². The molecule has 2 aromatic rings. The number of hydrogen-bond donors (Lipinski definition) is 0. The van der Waals surface area contributed by atoms with E-state index in [9.17, 15) is 18.0 Å². The normalized spacial score (nSPS) is 12.4. The molecule has 0 N–H and O–H groups in total. The highest BCUT2D eigenvalue weighted by molar-refractivity contribution is 7.89. The van der Waals surface area contributed by atoms with Crippen LogP contribution in [-0.2, 0) is 24.3 Å². The number of ether oxygens (including phenoxy) is 1. The minimum Gasteiger partial charge on any atom is -0.456 e. The molecule has 0 fully saturated rings. The zero-order valence-corrected chi connectivity index (χ0v) is 16.7. The first kappa shape index (κ1) is 21.5. The van der Waals surface area contributed by atoms with Crippen molar-refractivity contribution in [1.82, 2.24) is 4.31 Å². The Kier molecular flexibility index (Phi) is 7.25. The molecule has 7 heteroatoms. The van der Waals surface area contributed by atoms with E-state index < -0.39 is 22.1 Å². The van der Waals surface area contributed by atoms with Gasteiger partial charge in [-0.2, -0.15) is 4.31 Å². The topological polar surface area (TPSA) is 80.8 Å².